The van der Waals surface area contributed by atoms with Gasteiger partial charge in [0, 0.05) is 6.42 Å². The third-order valence-corrected chi connectivity index (χ3v) is 7.13. The number of hydrogen-bond donors (Lipinski definition) is 1. The maximum Gasteiger partial charge on any atom is 0.343 e. The Balaban J connectivity index is 1.56. The molecule has 0 unspecified atom stereocenters. The Kier molecular flexibility index (Phi) is 17.7. The number of nitrogens with zero attached hydrogens (tertiary/aromatic N) is 1. The first-order valence-electron chi connectivity index (χ1n) is 15.4. The monoisotopic (exact) mass is 566 g/mol. The molecule has 226 valence electrons. The smallest absolute Gasteiger partial charge is 0.343 e. The van der Waals surface area contributed by atoms with Crippen LogP contribution in [0.25, 0.3) is 0 Å². The Morgan fingerprint density at radius 1 is 0.707 bits per heavy atom. The number of unbranched alkanes of at least 4 members (excludes halogenated alkanes) is 14. The summed E-state index contributed by atoms with van der Waals surface area (Å²) < 4.78 is 16.0. The fraction of sp³-hybridized carbons (Fsp3) is 0.559. The molecule has 0 radical (unpaired) electrons. The average molecular weight is 567 g/mol. The van der Waals surface area contributed by atoms with Crippen molar-refractivity contribution >= 4 is 18.1 Å². The van der Waals surface area contributed by atoms with Crippen LogP contribution in [-0.4, -0.2) is 32.3 Å². The van der Waals surface area contributed by atoms with Crippen molar-refractivity contribution in [2.24, 2.45) is 5.10 Å². The predicted molar refractivity (Wildman–Crippen MR) is 166 cm³/mol. The lowest BCUT2D eigenvalue weighted by Crippen LogP contribution is -2.16. The van der Waals surface area contributed by atoms with Crippen molar-refractivity contribution in [3.8, 4) is 17.2 Å². The maximum atomic E-state index is 12.5. The summed E-state index contributed by atoms with van der Waals surface area (Å²) in [6.07, 6.45) is 21.5. The van der Waals surface area contributed by atoms with Gasteiger partial charge in [0.15, 0.2) is 11.5 Å². The van der Waals surface area contributed by atoms with Gasteiger partial charge < -0.3 is 14.2 Å². The van der Waals surface area contributed by atoms with E-state index in [1.807, 2.05) is 0 Å². The van der Waals surface area contributed by atoms with Crippen molar-refractivity contribution in [3.05, 3.63) is 53.6 Å². The summed E-state index contributed by atoms with van der Waals surface area (Å²) in [6.45, 7) is 2.27. The molecule has 0 heterocycles. The van der Waals surface area contributed by atoms with E-state index in [1.165, 1.54) is 90.6 Å². The van der Waals surface area contributed by atoms with Crippen LogP contribution in [0.1, 0.15) is 126 Å². The Labute approximate surface area is 247 Å². The summed E-state index contributed by atoms with van der Waals surface area (Å²) in [5, 5.41) is 4.06. The van der Waals surface area contributed by atoms with Crippen LogP contribution in [0.15, 0.2) is 47.6 Å². The highest BCUT2D eigenvalue weighted by Crippen LogP contribution is 2.28. The molecule has 0 saturated carbocycles. The van der Waals surface area contributed by atoms with Crippen molar-refractivity contribution in [1.82, 2.24) is 5.43 Å². The summed E-state index contributed by atoms with van der Waals surface area (Å²) in [6, 6.07) is 11.7. The SMILES string of the molecule is CCCCCCCCCCCCCCCCCC(=O)NN=Cc1ccc(OC(=O)c2ccc(OC)cc2)c(OC)c1. The number of amides is 1. The zero-order valence-electron chi connectivity index (χ0n) is 25.4. The molecule has 41 heavy (non-hydrogen) atoms. The second kappa shape index (κ2) is 21.4. The van der Waals surface area contributed by atoms with Gasteiger partial charge in [0.25, 0.3) is 0 Å². The van der Waals surface area contributed by atoms with Gasteiger partial charge in [-0.25, -0.2) is 10.2 Å². The van der Waals surface area contributed by atoms with E-state index in [0.29, 0.717) is 34.8 Å². The predicted octanol–water partition coefficient (Wildman–Crippen LogP) is 8.63. The van der Waals surface area contributed by atoms with Gasteiger partial charge in [-0.3, -0.25) is 4.79 Å². The molecule has 0 aliphatic heterocycles. The molecule has 7 heteroatoms. The number of benzene rings is 2. The highest BCUT2D eigenvalue weighted by molar-refractivity contribution is 5.91. The van der Waals surface area contributed by atoms with Crippen LogP contribution in [0, 0.1) is 0 Å². The van der Waals surface area contributed by atoms with Gasteiger partial charge in [-0.2, -0.15) is 5.10 Å². The topological polar surface area (TPSA) is 86.2 Å². The highest BCUT2D eigenvalue weighted by atomic mass is 16.6. The van der Waals surface area contributed by atoms with E-state index in [9.17, 15) is 9.59 Å². The summed E-state index contributed by atoms with van der Waals surface area (Å²) in [5.74, 6) is 0.749. The van der Waals surface area contributed by atoms with E-state index in [2.05, 4.69) is 17.5 Å². The summed E-state index contributed by atoms with van der Waals surface area (Å²) >= 11 is 0. The molecule has 0 saturated heterocycles. The highest BCUT2D eigenvalue weighted by Gasteiger charge is 2.13. The van der Waals surface area contributed by atoms with Gasteiger partial charge in [0.05, 0.1) is 26.0 Å². The molecule has 2 rings (SSSR count). The molecular formula is C34H50N2O5. The Morgan fingerprint density at radius 3 is 1.80 bits per heavy atom. The number of ether oxygens (including phenoxy) is 3. The molecule has 2 aromatic carbocycles. The fourth-order valence-electron chi connectivity index (χ4n) is 4.63. The van der Waals surface area contributed by atoms with Crippen LogP contribution in [0.5, 0.6) is 17.2 Å². The molecule has 0 fully saturated rings. The van der Waals surface area contributed by atoms with Crippen LogP contribution in [-0.2, 0) is 4.79 Å². The standard InChI is InChI=1S/C34H50N2O5/c1-4-5-6-7-8-9-10-11-12-13-14-15-16-17-18-19-33(37)36-35-27-28-20-25-31(32(26-28)40-3)41-34(38)29-21-23-30(39-2)24-22-29/h20-27H,4-19H2,1-3H3,(H,36,37). The molecule has 1 N–H and O–H groups in total. The van der Waals surface area contributed by atoms with Gasteiger partial charge in [0.2, 0.25) is 5.91 Å². The summed E-state index contributed by atoms with van der Waals surface area (Å²) in [4.78, 5) is 24.6. The number of esters is 1. The van der Waals surface area contributed by atoms with Gasteiger partial charge in [-0.15, -0.1) is 0 Å². The zero-order chi connectivity index (χ0) is 29.5. The van der Waals surface area contributed by atoms with E-state index >= 15 is 0 Å². The average Bonchev–Trinajstić information content (AvgIpc) is 2.99. The normalized spacial score (nSPS) is 11.0. The minimum atomic E-state index is -0.501. The van der Waals surface area contributed by atoms with E-state index in [1.54, 1.807) is 55.8 Å². The zero-order valence-corrected chi connectivity index (χ0v) is 25.4. The van der Waals surface area contributed by atoms with Crippen LogP contribution in [0.2, 0.25) is 0 Å². The molecular weight excluding hydrogens is 516 g/mol. The van der Waals surface area contributed by atoms with Gasteiger partial charge >= 0.3 is 5.97 Å². The van der Waals surface area contributed by atoms with Crippen LogP contribution in [0.3, 0.4) is 0 Å². The van der Waals surface area contributed by atoms with Gasteiger partial charge in [0.1, 0.15) is 5.75 Å². The fourth-order valence-corrected chi connectivity index (χ4v) is 4.63. The minimum absolute atomic E-state index is 0.0899. The van der Waals surface area contributed by atoms with Crippen LogP contribution in [0.4, 0.5) is 0 Å². The number of hydrazone groups is 1. The third-order valence-electron chi connectivity index (χ3n) is 7.13. The van der Waals surface area contributed by atoms with Crippen molar-refractivity contribution in [3.63, 3.8) is 0 Å². The molecule has 0 spiro atoms. The number of methoxy groups -OCH3 is 2. The Bertz CT molecular complexity index is 1040. The largest absolute Gasteiger partial charge is 0.497 e. The van der Waals surface area contributed by atoms with Gasteiger partial charge in [-0.1, -0.05) is 96.8 Å². The first kappa shape index (κ1) is 33.9. The quantitative estimate of drug-likeness (QED) is 0.0507. The first-order valence-corrected chi connectivity index (χ1v) is 15.4. The Morgan fingerprint density at radius 2 is 1.27 bits per heavy atom. The van der Waals surface area contributed by atoms with E-state index in [4.69, 9.17) is 14.2 Å². The molecule has 2 aromatic rings. The lowest BCUT2D eigenvalue weighted by molar-refractivity contribution is -0.121. The molecule has 7 nitrogen and oxygen atoms in total. The van der Waals surface area contributed by atoms with Crippen molar-refractivity contribution in [2.45, 2.75) is 110 Å². The second-order valence-corrected chi connectivity index (χ2v) is 10.5. The molecule has 0 bridgehead atoms. The number of hydrogen-bond acceptors (Lipinski definition) is 6. The van der Waals surface area contributed by atoms with E-state index in [-0.39, 0.29) is 5.91 Å². The van der Waals surface area contributed by atoms with Crippen molar-refractivity contribution in [1.29, 1.82) is 0 Å². The first-order chi connectivity index (χ1) is 20.1. The molecule has 0 atom stereocenters. The lowest BCUT2D eigenvalue weighted by atomic mass is 10.0. The summed E-state index contributed by atoms with van der Waals surface area (Å²) in [7, 11) is 3.07. The van der Waals surface area contributed by atoms with Crippen LogP contribution >= 0.6 is 0 Å². The summed E-state index contributed by atoms with van der Waals surface area (Å²) in [5.41, 5.74) is 3.70. The van der Waals surface area contributed by atoms with Crippen molar-refractivity contribution < 1.29 is 23.8 Å². The molecule has 0 aliphatic carbocycles. The van der Waals surface area contributed by atoms with E-state index < -0.39 is 5.97 Å². The maximum absolute atomic E-state index is 12.5. The number of carbonyl (C=O) groups excluding carboxylic acids is 2. The third kappa shape index (κ3) is 14.7. The lowest BCUT2D eigenvalue weighted by Gasteiger charge is -2.10. The molecule has 1 amide bonds. The molecule has 0 aliphatic rings. The number of rotatable bonds is 22. The molecule has 0 aromatic heterocycles. The Hall–Kier alpha value is -3.35. The second-order valence-electron chi connectivity index (χ2n) is 10.5. The van der Waals surface area contributed by atoms with Gasteiger partial charge in [-0.05, 0) is 54.4 Å². The minimum Gasteiger partial charge on any atom is -0.497 e. The number of carbonyl (C=O) groups is 2. The van der Waals surface area contributed by atoms with E-state index in [0.717, 1.165) is 12.8 Å². The van der Waals surface area contributed by atoms with Crippen LogP contribution < -0.4 is 19.6 Å². The van der Waals surface area contributed by atoms with Crippen molar-refractivity contribution in [2.75, 3.05) is 14.2 Å². The number of nitrogens with one attached hydrogen (secondary N) is 1.